The van der Waals surface area contributed by atoms with Gasteiger partial charge in [-0.1, -0.05) is 23.6 Å². The number of aromatic nitrogens is 2. The number of amides is 1. The van der Waals surface area contributed by atoms with Crippen molar-refractivity contribution in [1.29, 1.82) is 0 Å². The topological polar surface area (TPSA) is 127 Å². The third kappa shape index (κ3) is 4.60. The van der Waals surface area contributed by atoms with Crippen molar-refractivity contribution >= 4 is 49.6 Å². The van der Waals surface area contributed by atoms with Gasteiger partial charge in [0.2, 0.25) is 15.4 Å². The monoisotopic (exact) mass is 309 g/mol. The van der Waals surface area contributed by atoms with Gasteiger partial charge in [-0.25, -0.2) is 13.1 Å². The molecule has 0 aliphatic heterocycles. The highest BCUT2D eigenvalue weighted by molar-refractivity contribution is 7.91. The Kier molecular flexibility index (Phi) is 5.07. The van der Waals surface area contributed by atoms with Crippen LogP contribution in [0.5, 0.6) is 0 Å². The molecule has 0 spiro atoms. The normalized spacial score (nSPS) is 11.2. The molecule has 1 heterocycles. The summed E-state index contributed by atoms with van der Waals surface area (Å²) in [5.74, 6) is -0.350. The van der Waals surface area contributed by atoms with Gasteiger partial charge in [-0.2, -0.15) is 0 Å². The maximum absolute atomic E-state index is 11.7. The van der Waals surface area contributed by atoms with E-state index in [-0.39, 0.29) is 33.3 Å². The Morgan fingerprint density at radius 2 is 2.17 bits per heavy atom. The molecule has 1 amide bonds. The van der Waals surface area contributed by atoms with E-state index in [9.17, 15) is 13.2 Å². The van der Waals surface area contributed by atoms with Gasteiger partial charge in [0.25, 0.3) is 10.0 Å². The van der Waals surface area contributed by atoms with Gasteiger partial charge in [0.15, 0.2) is 0 Å². The van der Waals surface area contributed by atoms with Crippen LogP contribution >= 0.6 is 23.6 Å². The fourth-order valence-corrected chi connectivity index (χ4v) is 3.01. The summed E-state index contributed by atoms with van der Waals surface area (Å²) in [5.41, 5.74) is 5.24. The lowest BCUT2D eigenvalue weighted by Gasteiger charge is -2.01. The van der Waals surface area contributed by atoms with Crippen molar-refractivity contribution in [2.24, 2.45) is 5.73 Å². The van der Waals surface area contributed by atoms with Crippen LogP contribution in [0.3, 0.4) is 0 Å². The molecule has 0 aliphatic rings. The molecule has 4 N–H and O–H groups in total. The number of anilines is 1. The van der Waals surface area contributed by atoms with Crippen molar-refractivity contribution in [3.8, 4) is 0 Å². The van der Waals surface area contributed by atoms with Crippen molar-refractivity contribution in [1.82, 2.24) is 14.9 Å². The molecule has 1 aromatic heterocycles. The van der Waals surface area contributed by atoms with Crippen LogP contribution in [-0.2, 0) is 14.8 Å². The maximum atomic E-state index is 11.7. The predicted octanol–water partition coefficient (Wildman–Crippen LogP) is -0.549. The van der Waals surface area contributed by atoms with Gasteiger partial charge < -0.3 is 11.1 Å². The Hall–Kier alpha value is -1.17. The SMILES string of the molecule is CC(=O)Nc1nnc(S(=O)(=O)NCCC(N)=S)s1. The maximum Gasteiger partial charge on any atom is 0.269 e. The van der Waals surface area contributed by atoms with Gasteiger partial charge in [-0.3, -0.25) is 4.79 Å². The van der Waals surface area contributed by atoms with E-state index in [1.165, 1.54) is 6.92 Å². The molecule has 0 unspecified atom stereocenters. The molecule has 100 valence electrons. The second-order valence-corrected chi connectivity index (χ2v) is 6.61. The van der Waals surface area contributed by atoms with Crippen LogP contribution in [0, 0.1) is 0 Å². The first-order chi connectivity index (χ1) is 8.31. The Labute approximate surface area is 113 Å². The van der Waals surface area contributed by atoms with Gasteiger partial charge in [-0.15, -0.1) is 10.2 Å². The van der Waals surface area contributed by atoms with Crippen LogP contribution in [0.4, 0.5) is 5.13 Å². The second-order valence-electron chi connectivity index (χ2n) is 3.17. The van der Waals surface area contributed by atoms with Crippen LogP contribution in [0.15, 0.2) is 4.34 Å². The summed E-state index contributed by atoms with van der Waals surface area (Å²) in [7, 11) is -3.74. The molecule has 0 saturated carbocycles. The summed E-state index contributed by atoms with van der Waals surface area (Å²) < 4.78 is 25.5. The first-order valence-electron chi connectivity index (χ1n) is 4.70. The van der Waals surface area contributed by atoms with E-state index >= 15 is 0 Å². The van der Waals surface area contributed by atoms with E-state index < -0.39 is 10.0 Å². The van der Waals surface area contributed by atoms with Gasteiger partial charge >= 0.3 is 0 Å². The average molecular weight is 309 g/mol. The molecule has 0 saturated heterocycles. The molecule has 0 radical (unpaired) electrons. The smallest absolute Gasteiger partial charge is 0.269 e. The van der Waals surface area contributed by atoms with Crippen molar-refractivity contribution in [3.63, 3.8) is 0 Å². The first-order valence-corrected chi connectivity index (χ1v) is 7.41. The highest BCUT2D eigenvalue weighted by Crippen LogP contribution is 2.19. The van der Waals surface area contributed by atoms with Crippen LogP contribution in [0.2, 0.25) is 0 Å². The summed E-state index contributed by atoms with van der Waals surface area (Å²) >= 11 is 5.38. The van der Waals surface area contributed by atoms with Crippen molar-refractivity contribution in [3.05, 3.63) is 0 Å². The zero-order valence-electron chi connectivity index (χ0n) is 9.34. The number of sulfonamides is 1. The Morgan fingerprint density at radius 3 is 2.72 bits per heavy atom. The molecule has 0 bridgehead atoms. The first kappa shape index (κ1) is 14.9. The van der Waals surface area contributed by atoms with Gasteiger partial charge in [0.1, 0.15) is 0 Å². The summed E-state index contributed by atoms with van der Waals surface area (Å²) in [5, 5.41) is 9.48. The van der Waals surface area contributed by atoms with Crippen LogP contribution in [-0.4, -0.2) is 36.1 Å². The molecule has 0 atom stereocenters. The standard InChI is InChI=1S/C7H11N5O3S3/c1-4(13)10-6-11-12-7(17-6)18(14,15)9-3-2-5(8)16/h9H,2-3H2,1H3,(H2,8,16)(H,10,11,13). The molecule has 0 aromatic carbocycles. The zero-order chi connectivity index (χ0) is 13.8. The zero-order valence-corrected chi connectivity index (χ0v) is 11.8. The highest BCUT2D eigenvalue weighted by atomic mass is 32.2. The van der Waals surface area contributed by atoms with E-state index in [0.717, 1.165) is 11.3 Å². The quantitative estimate of drug-likeness (QED) is 0.475. The van der Waals surface area contributed by atoms with Gasteiger partial charge in [0.05, 0.1) is 4.99 Å². The summed E-state index contributed by atoms with van der Waals surface area (Å²) in [6.45, 7) is 1.38. The second kappa shape index (κ2) is 6.13. The lowest BCUT2D eigenvalue weighted by molar-refractivity contribution is -0.114. The molecular weight excluding hydrogens is 298 g/mol. The van der Waals surface area contributed by atoms with Gasteiger partial charge in [-0.05, 0) is 0 Å². The fourth-order valence-electron chi connectivity index (χ4n) is 0.890. The molecular formula is C7H11N5O3S3. The lowest BCUT2D eigenvalue weighted by Crippen LogP contribution is -2.27. The Balaban J connectivity index is 2.70. The number of carbonyl (C=O) groups is 1. The van der Waals surface area contributed by atoms with Gasteiger partial charge in [0, 0.05) is 19.9 Å². The van der Waals surface area contributed by atoms with Crippen molar-refractivity contribution < 1.29 is 13.2 Å². The molecule has 1 aromatic rings. The molecule has 18 heavy (non-hydrogen) atoms. The number of nitrogens with one attached hydrogen (secondary N) is 2. The van der Waals surface area contributed by atoms with Crippen molar-refractivity contribution in [2.75, 3.05) is 11.9 Å². The predicted molar refractivity (Wildman–Crippen MR) is 70.8 cm³/mol. The minimum Gasteiger partial charge on any atom is -0.393 e. The van der Waals surface area contributed by atoms with E-state index in [1.54, 1.807) is 0 Å². The highest BCUT2D eigenvalue weighted by Gasteiger charge is 2.19. The van der Waals surface area contributed by atoms with Crippen LogP contribution in [0.25, 0.3) is 0 Å². The molecule has 1 rings (SSSR count). The average Bonchev–Trinajstić information content (AvgIpc) is 2.64. The van der Waals surface area contributed by atoms with E-state index in [0.29, 0.717) is 0 Å². The number of hydrogen-bond acceptors (Lipinski definition) is 7. The van der Waals surface area contributed by atoms with Crippen LogP contribution < -0.4 is 15.8 Å². The van der Waals surface area contributed by atoms with E-state index in [4.69, 9.17) is 5.73 Å². The lowest BCUT2D eigenvalue weighted by atomic mass is 10.4. The summed E-state index contributed by atoms with van der Waals surface area (Å²) in [4.78, 5) is 11.0. The number of nitrogens with zero attached hydrogens (tertiary/aromatic N) is 2. The minimum atomic E-state index is -3.74. The minimum absolute atomic E-state index is 0.0900. The number of rotatable bonds is 6. The largest absolute Gasteiger partial charge is 0.393 e. The third-order valence-electron chi connectivity index (χ3n) is 1.58. The number of hydrogen-bond donors (Lipinski definition) is 3. The Bertz CT molecular complexity index is 552. The summed E-state index contributed by atoms with van der Waals surface area (Å²) in [6.07, 6.45) is 0.256. The van der Waals surface area contributed by atoms with Crippen LogP contribution in [0.1, 0.15) is 13.3 Å². The van der Waals surface area contributed by atoms with E-state index in [1.807, 2.05) is 0 Å². The molecule has 0 fully saturated rings. The number of thiocarbonyl (C=S) groups is 1. The number of carbonyl (C=O) groups excluding carboxylic acids is 1. The molecule has 8 nitrogen and oxygen atoms in total. The Morgan fingerprint density at radius 1 is 1.50 bits per heavy atom. The third-order valence-corrected chi connectivity index (χ3v) is 4.45. The van der Waals surface area contributed by atoms with E-state index in [2.05, 4.69) is 32.5 Å². The number of nitrogens with two attached hydrogens (primary N) is 1. The molecule has 11 heteroatoms. The van der Waals surface area contributed by atoms with Crippen molar-refractivity contribution in [2.45, 2.75) is 17.7 Å². The fraction of sp³-hybridized carbons (Fsp3) is 0.429. The summed E-state index contributed by atoms with van der Waals surface area (Å²) in [6, 6.07) is 0. The molecule has 0 aliphatic carbocycles.